The van der Waals surface area contributed by atoms with Crippen LogP contribution in [0.25, 0.3) is 0 Å². The molecule has 1 aromatic rings. The van der Waals surface area contributed by atoms with E-state index in [9.17, 15) is 4.79 Å². The first-order valence-corrected chi connectivity index (χ1v) is 12.7. The number of nitrogens with one attached hydrogen (secondary N) is 1. The fourth-order valence-corrected chi connectivity index (χ4v) is 10.1. The number of ether oxygens (including phenoxy) is 2. The first kappa shape index (κ1) is 24.6. The molecule has 0 aliphatic carbocycles. The van der Waals surface area contributed by atoms with Crippen molar-refractivity contribution in [3.8, 4) is 0 Å². The highest BCUT2D eigenvalue weighted by Gasteiger charge is 2.44. The molecule has 0 amide bonds. The van der Waals surface area contributed by atoms with Gasteiger partial charge < -0.3 is 14.5 Å². The summed E-state index contributed by atoms with van der Waals surface area (Å²) in [4.78, 5) is 15.8. The molecule has 28 heavy (non-hydrogen) atoms. The second-order valence-electron chi connectivity index (χ2n) is 8.26. The third-order valence-corrected chi connectivity index (χ3v) is 12.1. The average Bonchev–Trinajstić information content (AvgIpc) is 2.63. The van der Waals surface area contributed by atoms with Crippen molar-refractivity contribution >= 4 is 14.2 Å². The summed E-state index contributed by atoms with van der Waals surface area (Å²) >= 11 is 0. The molecule has 1 aromatic carbocycles. The van der Waals surface area contributed by atoms with Crippen LogP contribution in [0.5, 0.6) is 0 Å². The van der Waals surface area contributed by atoms with Gasteiger partial charge in [0.15, 0.2) is 0 Å². The van der Waals surface area contributed by atoms with Gasteiger partial charge in [0.2, 0.25) is 0 Å². The maximum Gasteiger partial charge on any atom is 0.330 e. The number of benzene rings is 1. The van der Waals surface area contributed by atoms with Gasteiger partial charge in [0.1, 0.15) is 8.24 Å². The Morgan fingerprint density at radius 3 is 2.11 bits per heavy atom. The van der Waals surface area contributed by atoms with Crippen molar-refractivity contribution in [2.24, 2.45) is 0 Å². The van der Waals surface area contributed by atoms with Gasteiger partial charge in [0, 0.05) is 12.1 Å². The lowest BCUT2D eigenvalue weighted by molar-refractivity contribution is -0.137. The van der Waals surface area contributed by atoms with E-state index in [-0.39, 0.29) is 12.0 Å². The molecule has 0 aliphatic rings. The fraction of sp³-hybridized carbons (Fsp3) is 0.609. The number of carbonyl (C=O) groups is 1. The number of hydrogen-bond acceptors (Lipinski definition) is 4. The monoisotopic (exact) mass is 405 g/mol. The number of hydrogen-bond donors (Lipinski definition) is 1. The normalized spacial score (nSPS) is 13.6. The minimum atomic E-state index is -1.84. The van der Waals surface area contributed by atoms with Crippen LogP contribution in [0.15, 0.2) is 42.5 Å². The minimum Gasteiger partial charge on any atom is -0.463 e. The summed E-state index contributed by atoms with van der Waals surface area (Å²) in [5.74, 6) is -0.303. The van der Waals surface area contributed by atoms with E-state index in [1.165, 1.54) is 6.08 Å². The van der Waals surface area contributed by atoms with Crippen LogP contribution in [0.1, 0.15) is 54.0 Å². The molecule has 1 rings (SSSR count). The molecule has 0 spiro atoms. The van der Waals surface area contributed by atoms with E-state index in [0.29, 0.717) is 36.4 Å². The lowest BCUT2D eigenvalue weighted by Gasteiger charge is -2.45. The number of esters is 1. The molecule has 0 aromatic heterocycles. The van der Waals surface area contributed by atoms with Gasteiger partial charge in [-0.25, -0.2) is 4.79 Å². The van der Waals surface area contributed by atoms with Gasteiger partial charge in [-0.1, -0.05) is 78.0 Å². The smallest absolute Gasteiger partial charge is 0.330 e. The summed E-state index contributed by atoms with van der Waals surface area (Å²) in [5.41, 5.74) is 2.86. The molecule has 0 saturated heterocycles. The first-order chi connectivity index (χ1) is 13.2. The fourth-order valence-electron chi connectivity index (χ4n) is 4.23. The van der Waals surface area contributed by atoms with E-state index >= 15 is 0 Å². The molecule has 0 unspecified atom stereocenters. The number of rotatable bonds is 12. The van der Waals surface area contributed by atoms with Gasteiger partial charge in [-0.15, -0.1) is 0 Å². The highest BCUT2D eigenvalue weighted by molar-refractivity contribution is 6.81. The SMILES string of the molecule is CCOC(=O)/C=C/[C@H](COCc1ccccc1)N[Si](C(C)C)(C(C)C)C(C)C. The molecule has 4 nitrogen and oxygen atoms in total. The van der Waals surface area contributed by atoms with Crippen molar-refractivity contribution in [2.75, 3.05) is 13.2 Å². The number of carbonyl (C=O) groups excluding carboxylic acids is 1. The van der Waals surface area contributed by atoms with E-state index in [1.807, 2.05) is 31.2 Å². The molecule has 0 heterocycles. The molecular weight excluding hydrogens is 366 g/mol. The van der Waals surface area contributed by atoms with Crippen LogP contribution < -0.4 is 4.98 Å². The van der Waals surface area contributed by atoms with Crippen molar-refractivity contribution < 1.29 is 14.3 Å². The Balaban J connectivity index is 2.95. The van der Waals surface area contributed by atoms with E-state index in [1.54, 1.807) is 0 Å². The van der Waals surface area contributed by atoms with E-state index in [2.05, 4.69) is 58.7 Å². The molecule has 1 atom stereocenters. The van der Waals surface area contributed by atoms with Crippen LogP contribution in [0.3, 0.4) is 0 Å². The molecular formula is C23H39NO3Si. The summed E-state index contributed by atoms with van der Waals surface area (Å²) in [7, 11) is -1.84. The van der Waals surface area contributed by atoms with Crippen LogP contribution >= 0.6 is 0 Å². The highest BCUT2D eigenvalue weighted by Crippen LogP contribution is 2.39. The van der Waals surface area contributed by atoms with Crippen LogP contribution in [0, 0.1) is 0 Å². The Morgan fingerprint density at radius 2 is 1.61 bits per heavy atom. The largest absolute Gasteiger partial charge is 0.463 e. The summed E-state index contributed by atoms with van der Waals surface area (Å²) < 4.78 is 11.1. The Kier molecular flexibility index (Phi) is 10.7. The predicted octanol–water partition coefficient (Wildman–Crippen LogP) is 5.46. The Morgan fingerprint density at radius 1 is 1.04 bits per heavy atom. The van der Waals surface area contributed by atoms with Crippen molar-refractivity contribution in [3.05, 3.63) is 48.0 Å². The quantitative estimate of drug-likeness (QED) is 0.285. The van der Waals surface area contributed by atoms with Crippen LogP contribution in [-0.2, 0) is 20.9 Å². The topological polar surface area (TPSA) is 47.6 Å². The van der Waals surface area contributed by atoms with Gasteiger partial charge in [-0.3, -0.25) is 0 Å². The molecule has 0 radical (unpaired) electrons. The highest BCUT2D eigenvalue weighted by atomic mass is 28.3. The van der Waals surface area contributed by atoms with Crippen LogP contribution in [-0.4, -0.2) is 33.5 Å². The molecule has 0 fully saturated rings. The van der Waals surface area contributed by atoms with Gasteiger partial charge >= 0.3 is 5.97 Å². The lowest BCUT2D eigenvalue weighted by atomic mass is 10.2. The summed E-state index contributed by atoms with van der Waals surface area (Å²) in [6, 6.07) is 10.1. The van der Waals surface area contributed by atoms with Gasteiger partial charge in [-0.2, -0.15) is 0 Å². The second kappa shape index (κ2) is 12.2. The van der Waals surface area contributed by atoms with Gasteiger partial charge in [0.05, 0.1) is 19.8 Å². The zero-order valence-corrected chi connectivity index (χ0v) is 19.7. The summed E-state index contributed by atoms with van der Waals surface area (Å²) in [6.07, 6.45) is 3.45. The molecule has 0 saturated carbocycles. The van der Waals surface area contributed by atoms with Crippen molar-refractivity contribution in [3.63, 3.8) is 0 Å². The summed E-state index contributed by atoms with van der Waals surface area (Å²) in [6.45, 7) is 17.2. The standard InChI is InChI=1S/C23H39NO3Si/c1-8-27-23(25)15-14-22(17-26-16-21-12-10-9-11-13-21)24-28(18(2)3,19(4)5)20(6)7/h9-15,18-20,22,24H,8,16-17H2,1-7H3/b15-14+/t22-/m1/s1. The van der Waals surface area contributed by atoms with Crippen molar-refractivity contribution in [1.82, 2.24) is 4.98 Å². The van der Waals surface area contributed by atoms with Crippen molar-refractivity contribution in [1.29, 1.82) is 0 Å². The molecule has 1 N–H and O–H groups in total. The predicted molar refractivity (Wildman–Crippen MR) is 120 cm³/mol. The maximum atomic E-state index is 11.8. The first-order valence-electron chi connectivity index (χ1n) is 10.5. The minimum absolute atomic E-state index is 0.0213. The van der Waals surface area contributed by atoms with Gasteiger partial charge in [0.25, 0.3) is 0 Å². The Hall–Kier alpha value is -1.43. The van der Waals surface area contributed by atoms with Gasteiger partial charge in [-0.05, 0) is 29.1 Å². The lowest BCUT2D eigenvalue weighted by Crippen LogP contribution is -2.61. The Labute approximate surface area is 172 Å². The Bertz CT molecular complexity index is 577. The molecule has 5 heteroatoms. The average molecular weight is 406 g/mol. The van der Waals surface area contributed by atoms with E-state index in [4.69, 9.17) is 9.47 Å². The second-order valence-corrected chi connectivity index (χ2v) is 13.9. The van der Waals surface area contributed by atoms with Crippen molar-refractivity contribution in [2.45, 2.75) is 77.7 Å². The third-order valence-electron chi connectivity index (χ3n) is 5.46. The zero-order chi connectivity index (χ0) is 21.2. The summed E-state index contributed by atoms with van der Waals surface area (Å²) in [5, 5.41) is 0. The maximum absolute atomic E-state index is 11.8. The molecule has 158 valence electrons. The van der Waals surface area contributed by atoms with Crippen LogP contribution in [0.4, 0.5) is 0 Å². The van der Waals surface area contributed by atoms with Crippen LogP contribution in [0.2, 0.25) is 16.6 Å². The zero-order valence-electron chi connectivity index (χ0n) is 18.7. The molecule has 0 bridgehead atoms. The van der Waals surface area contributed by atoms with E-state index < -0.39 is 8.24 Å². The molecule has 0 aliphatic heterocycles. The van der Waals surface area contributed by atoms with E-state index in [0.717, 1.165) is 5.56 Å². The third kappa shape index (κ3) is 7.19.